The van der Waals surface area contributed by atoms with E-state index in [2.05, 4.69) is 26.5 Å². The molecular formula is C15H19N5O2S. The van der Waals surface area contributed by atoms with Gasteiger partial charge in [-0.1, -0.05) is 17.8 Å². The minimum Gasteiger partial charge on any atom is -0.473 e. The van der Waals surface area contributed by atoms with Gasteiger partial charge in [-0.15, -0.1) is 5.10 Å². The Hall–Kier alpha value is -2.09. The number of hydrogen-bond donors (Lipinski definition) is 0. The first-order valence-corrected chi connectivity index (χ1v) is 8.58. The Balaban J connectivity index is 1.56. The summed E-state index contributed by atoms with van der Waals surface area (Å²) in [5.41, 5.74) is 0.820. The van der Waals surface area contributed by atoms with Crippen molar-refractivity contribution in [3.8, 4) is 5.88 Å². The summed E-state index contributed by atoms with van der Waals surface area (Å²) in [5.74, 6) is 0.579. The largest absolute Gasteiger partial charge is 0.473 e. The minimum absolute atomic E-state index is 0.0430. The van der Waals surface area contributed by atoms with Crippen LogP contribution in [-0.4, -0.2) is 49.6 Å². The van der Waals surface area contributed by atoms with E-state index in [9.17, 15) is 4.79 Å². The molecule has 7 nitrogen and oxygen atoms in total. The third kappa shape index (κ3) is 3.82. The van der Waals surface area contributed by atoms with Gasteiger partial charge in [0.2, 0.25) is 5.88 Å². The van der Waals surface area contributed by atoms with Crippen molar-refractivity contribution in [3.63, 3.8) is 0 Å². The van der Waals surface area contributed by atoms with Crippen molar-refractivity contribution < 1.29 is 9.53 Å². The van der Waals surface area contributed by atoms with E-state index < -0.39 is 0 Å². The van der Waals surface area contributed by atoms with Gasteiger partial charge in [0.15, 0.2) is 0 Å². The topological polar surface area (TPSA) is 81.1 Å². The number of aryl methyl sites for hydroxylation is 1. The maximum Gasteiger partial charge on any atom is 0.267 e. The Bertz CT molecular complexity index is 640. The van der Waals surface area contributed by atoms with E-state index >= 15 is 0 Å². The molecule has 0 aliphatic carbocycles. The standard InChI is InChI=1S/C15H19N5O2S/c1-2-3-12-14(23-19-18-12)15(21)20-8-4-11(5-9-20)22-13-10-16-6-7-17-13/h6-7,10-11H,2-5,8-9H2,1H3. The molecule has 1 fully saturated rings. The first kappa shape index (κ1) is 15.8. The van der Waals surface area contributed by atoms with Gasteiger partial charge in [-0.3, -0.25) is 9.78 Å². The van der Waals surface area contributed by atoms with Gasteiger partial charge in [0.1, 0.15) is 11.0 Å². The highest BCUT2D eigenvalue weighted by atomic mass is 32.1. The second kappa shape index (κ2) is 7.45. The number of piperidine rings is 1. The molecule has 0 bridgehead atoms. The molecule has 0 aromatic carbocycles. The number of hydrogen-bond acceptors (Lipinski definition) is 7. The highest BCUT2D eigenvalue weighted by Crippen LogP contribution is 2.21. The Morgan fingerprint density at radius 2 is 2.22 bits per heavy atom. The number of amides is 1. The predicted molar refractivity (Wildman–Crippen MR) is 85.5 cm³/mol. The van der Waals surface area contributed by atoms with E-state index in [4.69, 9.17) is 4.74 Å². The van der Waals surface area contributed by atoms with Crippen molar-refractivity contribution in [1.82, 2.24) is 24.5 Å². The van der Waals surface area contributed by atoms with Gasteiger partial charge >= 0.3 is 0 Å². The number of carbonyl (C=O) groups excluding carboxylic acids is 1. The van der Waals surface area contributed by atoms with Crippen LogP contribution in [0.15, 0.2) is 18.6 Å². The van der Waals surface area contributed by atoms with Crippen LogP contribution in [0, 0.1) is 0 Å². The first-order chi connectivity index (χ1) is 11.3. The van der Waals surface area contributed by atoms with Gasteiger partial charge in [0.25, 0.3) is 5.91 Å². The first-order valence-electron chi connectivity index (χ1n) is 7.81. The van der Waals surface area contributed by atoms with Crippen LogP contribution < -0.4 is 4.74 Å². The van der Waals surface area contributed by atoms with E-state index in [1.807, 2.05) is 4.90 Å². The number of carbonyl (C=O) groups is 1. The van der Waals surface area contributed by atoms with Gasteiger partial charge in [0, 0.05) is 38.3 Å². The van der Waals surface area contributed by atoms with Gasteiger partial charge in [-0.25, -0.2) is 4.98 Å². The molecule has 23 heavy (non-hydrogen) atoms. The van der Waals surface area contributed by atoms with Crippen LogP contribution in [0.1, 0.15) is 41.6 Å². The highest BCUT2D eigenvalue weighted by molar-refractivity contribution is 7.08. The average Bonchev–Trinajstić information content (AvgIpc) is 3.04. The molecule has 3 heterocycles. The molecule has 1 amide bonds. The third-order valence-electron chi connectivity index (χ3n) is 3.79. The number of rotatable bonds is 5. The van der Waals surface area contributed by atoms with Gasteiger partial charge in [0.05, 0.1) is 11.9 Å². The number of likely N-dealkylation sites (tertiary alicyclic amines) is 1. The number of nitrogens with zero attached hydrogens (tertiary/aromatic N) is 5. The van der Waals surface area contributed by atoms with E-state index in [0.717, 1.165) is 31.4 Å². The predicted octanol–water partition coefficient (Wildman–Crippen LogP) is 1.96. The van der Waals surface area contributed by atoms with E-state index in [1.165, 1.54) is 11.5 Å². The lowest BCUT2D eigenvalue weighted by atomic mass is 10.1. The van der Waals surface area contributed by atoms with Crippen LogP contribution in [0.4, 0.5) is 0 Å². The van der Waals surface area contributed by atoms with Crippen molar-refractivity contribution in [2.75, 3.05) is 13.1 Å². The molecule has 3 rings (SSSR count). The van der Waals surface area contributed by atoms with Crippen molar-refractivity contribution in [2.45, 2.75) is 38.7 Å². The van der Waals surface area contributed by atoms with E-state index in [-0.39, 0.29) is 12.0 Å². The third-order valence-corrected chi connectivity index (χ3v) is 4.55. The second-order valence-electron chi connectivity index (χ2n) is 5.45. The van der Waals surface area contributed by atoms with Crippen molar-refractivity contribution in [2.24, 2.45) is 0 Å². The molecule has 2 aromatic heterocycles. The van der Waals surface area contributed by atoms with Gasteiger partial charge in [-0.2, -0.15) is 0 Å². The summed E-state index contributed by atoms with van der Waals surface area (Å²) in [6.45, 7) is 3.42. The smallest absolute Gasteiger partial charge is 0.267 e. The summed E-state index contributed by atoms with van der Waals surface area (Å²) < 4.78 is 9.73. The summed E-state index contributed by atoms with van der Waals surface area (Å²) in [6.07, 6.45) is 8.24. The highest BCUT2D eigenvalue weighted by Gasteiger charge is 2.27. The molecule has 1 aliphatic rings. The molecule has 1 aliphatic heterocycles. The zero-order valence-corrected chi connectivity index (χ0v) is 13.8. The molecule has 2 aromatic rings. The zero-order valence-electron chi connectivity index (χ0n) is 13.0. The maximum atomic E-state index is 12.6. The number of ether oxygens (including phenoxy) is 1. The summed E-state index contributed by atoms with van der Waals surface area (Å²) in [6, 6.07) is 0. The molecule has 0 N–H and O–H groups in total. The quantitative estimate of drug-likeness (QED) is 0.832. The van der Waals surface area contributed by atoms with Crippen LogP contribution in [0.25, 0.3) is 0 Å². The average molecular weight is 333 g/mol. The monoisotopic (exact) mass is 333 g/mol. The lowest BCUT2D eigenvalue weighted by Crippen LogP contribution is -2.41. The van der Waals surface area contributed by atoms with Gasteiger partial charge in [-0.05, 0) is 18.0 Å². The van der Waals surface area contributed by atoms with Crippen molar-refractivity contribution in [1.29, 1.82) is 0 Å². The Labute approximate surface area is 138 Å². The molecule has 0 spiro atoms. The van der Waals surface area contributed by atoms with Gasteiger partial charge < -0.3 is 9.64 Å². The molecule has 122 valence electrons. The molecule has 0 radical (unpaired) electrons. The summed E-state index contributed by atoms with van der Waals surface area (Å²) in [7, 11) is 0. The second-order valence-corrected chi connectivity index (χ2v) is 6.21. The fourth-order valence-electron chi connectivity index (χ4n) is 2.61. The fourth-order valence-corrected chi connectivity index (χ4v) is 3.29. The Morgan fingerprint density at radius 1 is 1.39 bits per heavy atom. The SMILES string of the molecule is CCCc1nnsc1C(=O)N1CCC(Oc2cnccn2)CC1. The molecule has 0 unspecified atom stereocenters. The van der Waals surface area contributed by atoms with E-state index in [0.29, 0.717) is 23.8 Å². The lowest BCUT2D eigenvalue weighted by molar-refractivity contribution is 0.0590. The van der Waals surface area contributed by atoms with Crippen molar-refractivity contribution >= 4 is 17.4 Å². The van der Waals surface area contributed by atoms with Crippen LogP contribution in [0.5, 0.6) is 5.88 Å². The van der Waals surface area contributed by atoms with E-state index in [1.54, 1.807) is 18.6 Å². The molecule has 0 atom stereocenters. The molecular weight excluding hydrogens is 314 g/mol. The lowest BCUT2D eigenvalue weighted by Gasteiger charge is -2.31. The summed E-state index contributed by atoms with van der Waals surface area (Å²) in [4.78, 5) is 23.3. The zero-order chi connectivity index (χ0) is 16.1. The minimum atomic E-state index is 0.0430. The normalized spacial score (nSPS) is 15.6. The maximum absolute atomic E-state index is 12.6. The number of aromatic nitrogens is 4. The van der Waals surface area contributed by atoms with Crippen LogP contribution in [0.2, 0.25) is 0 Å². The Kier molecular flexibility index (Phi) is 5.12. The molecule has 1 saturated heterocycles. The van der Waals surface area contributed by atoms with Crippen LogP contribution in [0.3, 0.4) is 0 Å². The van der Waals surface area contributed by atoms with Crippen LogP contribution >= 0.6 is 11.5 Å². The molecule has 8 heteroatoms. The summed E-state index contributed by atoms with van der Waals surface area (Å²) in [5, 5.41) is 4.07. The molecule has 0 saturated carbocycles. The Morgan fingerprint density at radius 3 is 2.91 bits per heavy atom. The van der Waals surface area contributed by atoms with Crippen molar-refractivity contribution in [3.05, 3.63) is 29.2 Å². The van der Waals surface area contributed by atoms with Crippen LogP contribution in [-0.2, 0) is 6.42 Å². The summed E-state index contributed by atoms with van der Waals surface area (Å²) >= 11 is 1.19. The fraction of sp³-hybridized carbons (Fsp3) is 0.533.